The fourth-order valence-electron chi connectivity index (χ4n) is 3.06. The molecule has 2 aromatic heterocycles. The predicted molar refractivity (Wildman–Crippen MR) is 100.0 cm³/mol. The van der Waals surface area contributed by atoms with Crippen molar-refractivity contribution in [1.82, 2.24) is 14.6 Å². The molecule has 21 heteroatoms. The number of aromatic nitrogens is 3. The molecule has 5 atom stereocenters. The maximum atomic E-state index is 14.4. The number of aliphatic hydroxyl groups is 1. The smallest absolute Gasteiger partial charge is 0.388 e. The van der Waals surface area contributed by atoms with E-state index in [1.54, 1.807) is 6.07 Å². The molecule has 0 aromatic carbocycles. The Morgan fingerprint density at radius 1 is 1.30 bits per heavy atom. The first-order valence-corrected chi connectivity index (χ1v) is 12.9. The minimum absolute atomic E-state index is 0.265. The Labute approximate surface area is 182 Å². The Balaban J connectivity index is 1.79. The number of phosphoric ester groups is 1. The Bertz CT molecular complexity index is 1260. The lowest BCUT2D eigenvalue weighted by Gasteiger charge is -2.24. The van der Waals surface area contributed by atoms with Gasteiger partial charge in [-0.25, -0.2) is 27.6 Å². The van der Waals surface area contributed by atoms with Crippen molar-refractivity contribution in [2.24, 2.45) is 0 Å². The van der Waals surface area contributed by atoms with E-state index in [-0.39, 0.29) is 17.0 Å². The van der Waals surface area contributed by atoms with Crippen LogP contribution in [0, 0.1) is 17.1 Å². The normalized spacial score (nSPS) is 27.2. The Morgan fingerprint density at radius 3 is 2.58 bits per heavy atom. The molecule has 3 heterocycles. The third kappa shape index (κ3) is 5.47. The van der Waals surface area contributed by atoms with Crippen LogP contribution in [-0.4, -0.2) is 58.1 Å². The molecule has 7 N–H and O–H groups in total. The molecule has 0 radical (unpaired) electrons. The van der Waals surface area contributed by atoms with Crippen molar-refractivity contribution in [3.8, 4) is 6.07 Å². The van der Waals surface area contributed by atoms with E-state index < -0.39 is 60.1 Å². The number of rotatable bonds is 8. The average Bonchev–Trinajstić information content (AvgIpc) is 3.15. The highest BCUT2D eigenvalue weighted by molar-refractivity contribution is 7.66. The lowest BCUT2D eigenvalue weighted by molar-refractivity contribution is -0.0623. The fraction of sp³-hybridized carbons (Fsp3) is 0.417. The molecule has 0 saturated carbocycles. The number of fused-ring (bicyclic) bond motifs is 1. The van der Waals surface area contributed by atoms with Crippen molar-refractivity contribution < 1.29 is 60.6 Å². The molecular weight excluding hydrogens is 518 g/mol. The van der Waals surface area contributed by atoms with E-state index in [1.807, 2.05) is 0 Å². The number of nitrogen functional groups attached to an aromatic ring is 1. The minimum atomic E-state index is -5.73. The number of nitrogens with two attached hydrogens (primary N) is 1. The largest absolute Gasteiger partial charge is 0.490 e. The highest BCUT2D eigenvalue weighted by Crippen LogP contribution is 2.66. The van der Waals surface area contributed by atoms with E-state index in [4.69, 9.17) is 25.2 Å². The highest BCUT2D eigenvalue weighted by Gasteiger charge is 2.53. The number of aliphatic hydroxyl groups excluding tert-OH is 1. The van der Waals surface area contributed by atoms with Crippen LogP contribution < -0.4 is 5.73 Å². The Kier molecular flexibility index (Phi) is 6.84. The summed E-state index contributed by atoms with van der Waals surface area (Å²) in [6.45, 7) is -0.924. The highest BCUT2D eigenvalue weighted by atomic mass is 31.3. The molecule has 1 aliphatic rings. The van der Waals surface area contributed by atoms with Gasteiger partial charge in [0, 0.05) is 12.5 Å². The van der Waals surface area contributed by atoms with Gasteiger partial charge in [-0.05, 0) is 0 Å². The molecule has 0 spiro atoms. The van der Waals surface area contributed by atoms with Crippen LogP contribution in [0.5, 0.6) is 0 Å². The molecule has 1 fully saturated rings. The number of anilines is 1. The SMILES string of the molecule is N#C[C@@]1(c2cc(F)c3c(N)ncnn23)O[C@H](COP(=O)(O)OP(=O)(O)OP(=O)(O)O)C[C@H]1O. The summed E-state index contributed by atoms with van der Waals surface area (Å²) in [6, 6.07) is 2.52. The van der Waals surface area contributed by atoms with E-state index in [1.165, 1.54) is 0 Å². The first-order valence-electron chi connectivity index (χ1n) is 8.43. The summed E-state index contributed by atoms with van der Waals surface area (Å²) in [5.41, 5.74) is 2.79. The zero-order chi connectivity index (χ0) is 24.8. The predicted octanol–water partition coefficient (Wildman–Crippen LogP) is -0.337. The maximum Gasteiger partial charge on any atom is 0.490 e. The third-order valence-corrected chi connectivity index (χ3v) is 8.03. The summed E-state index contributed by atoms with van der Waals surface area (Å²) >= 11 is 0. The van der Waals surface area contributed by atoms with Gasteiger partial charge in [0.05, 0.1) is 18.4 Å². The summed E-state index contributed by atoms with van der Waals surface area (Å²) in [4.78, 5) is 39.3. The third-order valence-electron chi connectivity index (χ3n) is 4.23. The lowest BCUT2D eigenvalue weighted by atomic mass is 9.94. The van der Waals surface area contributed by atoms with E-state index >= 15 is 0 Å². The van der Waals surface area contributed by atoms with Crippen LogP contribution in [0.4, 0.5) is 10.2 Å². The average molecular weight is 533 g/mol. The fourth-order valence-corrected chi connectivity index (χ4v) is 6.11. The van der Waals surface area contributed by atoms with Crippen molar-refractivity contribution in [3.63, 3.8) is 0 Å². The first-order chi connectivity index (χ1) is 15.1. The maximum absolute atomic E-state index is 14.4. The van der Waals surface area contributed by atoms with Crippen LogP contribution in [0.2, 0.25) is 0 Å². The van der Waals surface area contributed by atoms with Crippen LogP contribution in [0.1, 0.15) is 12.1 Å². The molecular formula is C12H15FN5O12P3. The van der Waals surface area contributed by atoms with Gasteiger partial charge in [-0.3, -0.25) is 4.52 Å². The second-order valence-electron chi connectivity index (χ2n) is 6.51. The van der Waals surface area contributed by atoms with Gasteiger partial charge >= 0.3 is 23.5 Å². The Morgan fingerprint density at radius 2 is 1.97 bits per heavy atom. The number of phosphoric acid groups is 3. The Hall–Kier alpha value is -1.83. The van der Waals surface area contributed by atoms with Gasteiger partial charge in [0.1, 0.15) is 24.0 Å². The number of hydrogen-bond acceptors (Lipinski definition) is 12. The van der Waals surface area contributed by atoms with Gasteiger partial charge in [-0.2, -0.15) is 19.0 Å². The van der Waals surface area contributed by atoms with Crippen molar-refractivity contribution in [2.75, 3.05) is 12.3 Å². The standard InChI is InChI=1S/C12H15FN5O12P3/c13-7-2-8(18-10(7)11(15)16-5-17-18)12(4-14)9(19)1-6(28-12)3-27-32(23,24)30-33(25,26)29-31(20,21)22/h2,5-6,9,19H,1,3H2,(H,23,24)(H,25,26)(H2,15,16,17)(H2,20,21,22)/t6-,9+,12-/m0/s1. The van der Waals surface area contributed by atoms with Crippen molar-refractivity contribution in [1.29, 1.82) is 5.26 Å². The van der Waals surface area contributed by atoms with E-state index in [0.717, 1.165) is 16.9 Å². The van der Waals surface area contributed by atoms with Crippen LogP contribution in [-0.2, 0) is 37.2 Å². The molecule has 1 aliphatic heterocycles. The van der Waals surface area contributed by atoms with Gasteiger partial charge in [-0.1, -0.05) is 0 Å². The van der Waals surface area contributed by atoms with Gasteiger partial charge < -0.3 is 35.2 Å². The van der Waals surface area contributed by atoms with Crippen molar-refractivity contribution in [3.05, 3.63) is 23.9 Å². The molecule has 3 rings (SSSR count). The topological polar surface area (TPSA) is 269 Å². The van der Waals surface area contributed by atoms with Gasteiger partial charge in [-0.15, -0.1) is 0 Å². The summed E-state index contributed by atoms with van der Waals surface area (Å²) in [5, 5.41) is 24.0. The molecule has 1 saturated heterocycles. The minimum Gasteiger partial charge on any atom is -0.388 e. The quantitative estimate of drug-likeness (QED) is 0.237. The zero-order valence-corrected chi connectivity index (χ0v) is 18.6. The first kappa shape index (κ1) is 25.8. The summed E-state index contributed by atoms with van der Waals surface area (Å²) in [6.07, 6.45) is -2.40. The second kappa shape index (κ2) is 8.75. The van der Waals surface area contributed by atoms with Crippen molar-refractivity contribution in [2.45, 2.75) is 24.2 Å². The number of ether oxygens (including phenoxy) is 1. The van der Waals surface area contributed by atoms with Crippen LogP contribution in [0.3, 0.4) is 0 Å². The molecule has 33 heavy (non-hydrogen) atoms. The molecule has 0 amide bonds. The van der Waals surface area contributed by atoms with Crippen molar-refractivity contribution >= 4 is 34.8 Å². The number of nitrogens with zero attached hydrogens (tertiary/aromatic N) is 4. The number of hydrogen-bond donors (Lipinski definition) is 6. The van der Waals surface area contributed by atoms with E-state index in [9.17, 15) is 33.3 Å². The molecule has 17 nitrogen and oxygen atoms in total. The van der Waals surface area contributed by atoms with E-state index in [2.05, 4.69) is 23.2 Å². The molecule has 0 bridgehead atoms. The van der Waals surface area contributed by atoms with Gasteiger partial charge in [0.25, 0.3) is 0 Å². The molecule has 2 unspecified atom stereocenters. The zero-order valence-electron chi connectivity index (χ0n) is 15.9. The number of nitriles is 1. The van der Waals surface area contributed by atoms with Gasteiger partial charge in [0.15, 0.2) is 11.6 Å². The van der Waals surface area contributed by atoms with E-state index in [0.29, 0.717) is 0 Å². The summed E-state index contributed by atoms with van der Waals surface area (Å²) < 4.78 is 66.2. The van der Waals surface area contributed by atoms with Gasteiger partial charge in [0.2, 0.25) is 5.60 Å². The molecule has 2 aromatic rings. The van der Waals surface area contributed by atoms with Crippen LogP contribution in [0.25, 0.3) is 5.52 Å². The monoisotopic (exact) mass is 533 g/mol. The second-order valence-corrected chi connectivity index (χ2v) is 10.9. The summed E-state index contributed by atoms with van der Waals surface area (Å²) in [5.74, 6) is -1.19. The lowest BCUT2D eigenvalue weighted by Crippen LogP contribution is -2.36. The van der Waals surface area contributed by atoms with Crippen LogP contribution in [0.15, 0.2) is 12.4 Å². The molecule has 0 aliphatic carbocycles. The molecule has 182 valence electrons. The summed E-state index contributed by atoms with van der Waals surface area (Å²) in [7, 11) is -16.8. The van der Waals surface area contributed by atoms with Crippen LogP contribution >= 0.6 is 23.5 Å². The number of halogens is 1.